The van der Waals surface area contributed by atoms with Crippen molar-refractivity contribution in [2.45, 2.75) is 68.9 Å². The summed E-state index contributed by atoms with van der Waals surface area (Å²) in [6.07, 6.45) is 5.72. The molecule has 2 fully saturated rings. The van der Waals surface area contributed by atoms with Crippen LogP contribution in [0.3, 0.4) is 0 Å². The van der Waals surface area contributed by atoms with Gasteiger partial charge in [0.15, 0.2) is 0 Å². The molecule has 1 saturated heterocycles. The van der Waals surface area contributed by atoms with Gasteiger partial charge in [-0.2, -0.15) is 4.31 Å². The fourth-order valence-electron chi connectivity index (χ4n) is 4.12. The van der Waals surface area contributed by atoms with Crippen molar-refractivity contribution in [1.29, 1.82) is 0 Å². The van der Waals surface area contributed by atoms with Gasteiger partial charge in [-0.15, -0.1) is 11.3 Å². The van der Waals surface area contributed by atoms with Gasteiger partial charge in [-0.05, 0) is 58.1 Å². The molecule has 0 radical (unpaired) electrons. The van der Waals surface area contributed by atoms with Gasteiger partial charge in [-0.25, -0.2) is 18.2 Å². The fraction of sp³-hybridized carbons (Fsp3) is 0.545. The Hall–Kier alpha value is -2.17. The van der Waals surface area contributed by atoms with Gasteiger partial charge in [0, 0.05) is 42.5 Å². The van der Waals surface area contributed by atoms with Crippen LogP contribution in [0.2, 0.25) is 0 Å². The Morgan fingerprint density at radius 3 is 2.59 bits per heavy atom. The van der Waals surface area contributed by atoms with Gasteiger partial charge < -0.3 is 15.8 Å². The molecule has 2 aromatic rings. The Bertz CT molecular complexity index is 1070. The Morgan fingerprint density at radius 1 is 1.25 bits per heavy atom. The molecule has 3 N–H and O–H groups in total. The lowest BCUT2D eigenvalue weighted by Gasteiger charge is -2.30. The molecule has 32 heavy (non-hydrogen) atoms. The number of nitrogen functional groups attached to an aromatic ring is 1. The van der Waals surface area contributed by atoms with Crippen molar-refractivity contribution in [1.82, 2.24) is 14.6 Å². The van der Waals surface area contributed by atoms with Crippen molar-refractivity contribution in [2.24, 2.45) is 0 Å². The summed E-state index contributed by atoms with van der Waals surface area (Å²) in [6, 6.07) is 5.18. The molecule has 0 spiro atoms. The molecule has 1 saturated carbocycles. The second-order valence-corrected chi connectivity index (χ2v) is 11.7. The van der Waals surface area contributed by atoms with Gasteiger partial charge in [-0.3, -0.25) is 0 Å². The number of nitrogens with two attached hydrogens (primary N) is 1. The lowest BCUT2D eigenvalue weighted by atomic mass is 9.86. The van der Waals surface area contributed by atoms with Crippen LogP contribution in [0.15, 0.2) is 29.3 Å². The largest absolute Gasteiger partial charge is 0.447 e. The minimum atomic E-state index is -3.57. The first kappa shape index (κ1) is 23.0. The van der Waals surface area contributed by atoms with Crippen LogP contribution < -0.4 is 11.1 Å². The third kappa shape index (κ3) is 4.92. The highest BCUT2D eigenvalue weighted by atomic mass is 32.2. The molecule has 10 heteroatoms. The first-order valence-electron chi connectivity index (χ1n) is 11.1. The van der Waals surface area contributed by atoms with Crippen LogP contribution in [0.5, 0.6) is 0 Å². The van der Waals surface area contributed by atoms with Crippen molar-refractivity contribution >= 4 is 33.1 Å². The zero-order valence-electron chi connectivity index (χ0n) is 18.4. The number of benzene rings is 1. The Kier molecular flexibility index (Phi) is 6.73. The number of carbonyl (C=O) groups is 1. The third-order valence-corrected chi connectivity index (χ3v) is 9.10. The molecular formula is C22H30N4O4S2. The maximum Gasteiger partial charge on any atom is 0.407 e. The molecule has 1 aromatic heterocycles. The highest BCUT2D eigenvalue weighted by molar-refractivity contribution is 7.89. The predicted molar refractivity (Wildman–Crippen MR) is 125 cm³/mol. The molecule has 0 atom stereocenters. The van der Waals surface area contributed by atoms with Crippen molar-refractivity contribution in [3.8, 4) is 10.4 Å². The third-order valence-electron chi connectivity index (χ3n) is 5.97. The molecule has 0 unspecified atom stereocenters. The topological polar surface area (TPSA) is 115 Å². The van der Waals surface area contributed by atoms with Crippen LogP contribution >= 0.6 is 11.3 Å². The number of ether oxygens (including phenoxy) is 1. The van der Waals surface area contributed by atoms with E-state index in [1.807, 2.05) is 13.8 Å². The second-order valence-electron chi connectivity index (χ2n) is 8.72. The van der Waals surface area contributed by atoms with Crippen LogP contribution in [0.25, 0.3) is 10.4 Å². The van der Waals surface area contributed by atoms with Crippen LogP contribution in [0.4, 0.5) is 10.5 Å². The van der Waals surface area contributed by atoms with Crippen LogP contribution in [0.1, 0.15) is 56.9 Å². The number of hydrogen-bond donors (Lipinski definition) is 2. The van der Waals surface area contributed by atoms with E-state index in [-0.39, 0.29) is 23.1 Å². The first-order chi connectivity index (χ1) is 15.2. The number of thiazole rings is 1. The Morgan fingerprint density at radius 2 is 1.97 bits per heavy atom. The lowest BCUT2D eigenvalue weighted by molar-refractivity contribution is 0.109. The van der Waals surface area contributed by atoms with Gasteiger partial charge >= 0.3 is 6.09 Å². The summed E-state index contributed by atoms with van der Waals surface area (Å²) in [6.45, 7) is 4.76. The minimum absolute atomic E-state index is 0.113. The zero-order valence-corrected chi connectivity index (χ0v) is 20.0. The van der Waals surface area contributed by atoms with Gasteiger partial charge in [0.1, 0.15) is 0 Å². The summed E-state index contributed by atoms with van der Waals surface area (Å²) in [5.41, 5.74) is 7.01. The number of carbonyl (C=O) groups excluding carboxylic acids is 1. The predicted octanol–water partition coefficient (Wildman–Crippen LogP) is 3.95. The van der Waals surface area contributed by atoms with E-state index in [0.717, 1.165) is 42.0 Å². The molecule has 4 rings (SSSR count). The smallest absolute Gasteiger partial charge is 0.407 e. The minimum Gasteiger partial charge on any atom is -0.447 e. The van der Waals surface area contributed by atoms with Crippen LogP contribution in [0, 0.1) is 0 Å². The van der Waals surface area contributed by atoms with E-state index in [1.165, 1.54) is 4.31 Å². The van der Waals surface area contributed by atoms with E-state index in [1.54, 1.807) is 35.7 Å². The van der Waals surface area contributed by atoms with Gasteiger partial charge in [0.05, 0.1) is 20.9 Å². The number of sulfonamides is 1. The average molecular weight is 479 g/mol. The summed E-state index contributed by atoms with van der Waals surface area (Å²) < 4.78 is 32.8. The molecular weight excluding hydrogens is 448 g/mol. The SMILES string of the molecule is CC(C)OC(=O)N[C@H]1CC[C@H](c2ncc(-c3ccc(N)cc3S(=O)(=O)N3CCC3)s2)CC1. The van der Waals surface area contributed by atoms with Gasteiger partial charge in [0.25, 0.3) is 0 Å². The first-order valence-corrected chi connectivity index (χ1v) is 13.3. The summed E-state index contributed by atoms with van der Waals surface area (Å²) in [7, 11) is -3.57. The number of alkyl carbamates (subject to hydrolysis) is 1. The van der Waals surface area contributed by atoms with Gasteiger partial charge in [-0.1, -0.05) is 6.07 Å². The standard InChI is InChI=1S/C22H30N4O4S2/c1-14(2)30-22(27)25-17-7-4-15(5-8-17)21-24-13-19(31-21)18-9-6-16(23)12-20(18)32(28,29)26-10-3-11-26/h6,9,12-15,17H,3-5,7-8,10-11,23H2,1-2H3,(H,25,27)/t15-,17-. The number of nitrogens with one attached hydrogen (secondary N) is 1. The van der Waals surface area contributed by atoms with Crippen molar-refractivity contribution in [3.63, 3.8) is 0 Å². The molecule has 1 aliphatic heterocycles. The maximum absolute atomic E-state index is 13.1. The van der Waals surface area contributed by atoms with E-state index in [9.17, 15) is 13.2 Å². The number of rotatable bonds is 6. The molecule has 174 valence electrons. The quantitative estimate of drug-likeness (QED) is 0.608. The van der Waals surface area contributed by atoms with E-state index in [4.69, 9.17) is 10.5 Å². The van der Waals surface area contributed by atoms with Crippen molar-refractivity contribution in [2.75, 3.05) is 18.8 Å². The van der Waals surface area contributed by atoms with Gasteiger partial charge in [0.2, 0.25) is 10.0 Å². The molecule has 1 aliphatic carbocycles. The number of anilines is 1. The number of aromatic nitrogens is 1. The summed E-state index contributed by atoms with van der Waals surface area (Å²) >= 11 is 1.54. The summed E-state index contributed by atoms with van der Waals surface area (Å²) in [5, 5.41) is 3.95. The molecule has 1 amide bonds. The molecule has 2 aliphatic rings. The van der Waals surface area contributed by atoms with Crippen molar-refractivity contribution < 1.29 is 17.9 Å². The highest BCUT2D eigenvalue weighted by Crippen LogP contribution is 2.40. The highest BCUT2D eigenvalue weighted by Gasteiger charge is 2.32. The number of nitrogens with zero attached hydrogens (tertiary/aromatic N) is 2. The molecule has 8 nitrogen and oxygen atoms in total. The van der Waals surface area contributed by atoms with Crippen LogP contribution in [-0.4, -0.2) is 49.0 Å². The normalized spacial score (nSPS) is 21.8. The molecule has 2 heterocycles. The zero-order chi connectivity index (χ0) is 22.9. The molecule has 1 aromatic carbocycles. The fourth-order valence-corrected chi connectivity index (χ4v) is 7.07. The monoisotopic (exact) mass is 478 g/mol. The summed E-state index contributed by atoms with van der Waals surface area (Å²) in [4.78, 5) is 17.6. The van der Waals surface area contributed by atoms with E-state index in [0.29, 0.717) is 30.3 Å². The van der Waals surface area contributed by atoms with E-state index >= 15 is 0 Å². The number of amides is 1. The van der Waals surface area contributed by atoms with Crippen molar-refractivity contribution in [3.05, 3.63) is 29.4 Å². The van der Waals surface area contributed by atoms with E-state index < -0.39 is 10.0 Å². The average Bonchev–Trinajstić information content (AvgIpc) is 3.16. The van der Waals surface area contributed by atoms with E-state index in [2.05, 4.69) is 10.3 Å². The lowest BCUT2D eigenvalue weighted by Crippen LogP contribution is -2.42. The Labute approximate surface area is 193 Å². The Balaban J connectivity index is 1.47. The number of hydrogen-bond acceptors (Lipinski definition) is 7. The second kappa shape index (κ2) is 9.36. The summed E-state index contributed by atoms with van der Waals surface area (Å²) in [5.74, 6) is 0.303. The maximum atomic E-state index is 13.1. The molecule has 0 bridgehead atoms. The van der Waals surface area contributed by atoms with Crippen LogP contribution in [-0.2, 0) is 14.8 Å².